The van der Waals surface area contributed by atoms with Gasteiger partial charge < -0.3 is 9.73 Å². The Hall–Kier alpha value is -1.59. The Balaban J connectivity index is 1.73. The lowest BCUT2D eigenvalue weighted by molar-refractivity contribution is 0.0950. The Morgan fingerprint density at radius 1 is 1.10 bits per heavy atom. The van der Waals surface area contributed by atoms with Gasteiger partial charge in [-0.3, -0.25) is 4.79 Å². The molecule has 0 bridgehead atoms. The van der Waals surface area contributed by atoms with Crippen LogP contribution in [0.15, 0.2) is 62.1 Å². The molecule has 0 atom stereocenters. The lowest BCUT2D eigenvalue weighted by Crippen LogP contribution is -2.23. The Morgan fingerprint density at radius 3 is 2.76 bits per heavy atom. The summed E-state index contributed by atoms with van der Waals surface area (Å²) >= 11 is 6.76. The summed E-state index contributed by atoms with van der Waals surface area (Å²) in [5.41, 5.74) is 2.43. The first kappa shape index (κ1) is 14.4. The molecule has 0 spiro atoms. The van der Waals surface area contributed by atoms with Gasteiger partial charge in [0.1, 0.15) is 5.58 Å². The molecule has 0 saturated heterocycles. The Labute approximate surface area is 138 Å². The fourth-order valence-corrected chi connectivity index (χ4v) is 3.29. The molecule has 3 rings (SSSR count). The molecule has 0 aliphatic carbocycles. The highest BCUT2D eigenvalue weighted by molar-refractivity contribution is 9.11. The van der Waals surface area contributed by atoms with E-state index >= 15 is 0 Å². The molecule has 0 unspecified atom stereocenters. The smallest absolute Gasteiger partial charge is 0.252 e. The quantitative estimate of drug-likeness (QED) is 0.670. The summed E-state index contributed by atoms with van der Waals surface area (Å²) in [7, 11) is 0. The van der Waals surface area contributed by atoms with E-state index in [4.69, 9.17) is 4.42 Å². The van der Waals surface area contributed by atoms with E-state index in [0.717, 1.165) is 25.5 Å². The van der Waals surface area contributed by atoms with E-state index < -0.39 is 0 Å². The summed E-state index contributed by atoms with van der Waals surface area (Å²) in [5.74, 6) is -0.117. The fraction of sp³-hybridized carbons (Fsp3) is 0.0625. The van der Waals surface area contributed by atoms with Crippen LogP contribution >= 0.6 is 31.9 Å². The highest BCUT2D eigenvalue weighted by Gasteiger charge is 2.10. The topological polar surface area (TPSA) is 42.2 Å². The average Bonchev–Trinajstić information content (AvgIpc) is 2.92. The van der Waals surface area contributed by atoms with E-state index in [9.17, 15) is 4.79 Å². The molecule has 21 heavy (non-hydrogen) atoms. The number of carbonyl (C=O) groups excluding carboxylic acids is 1. The van der Waals surface area contributed by atoms with Crippen LogP contribution in [-0.2, 0) is 6.54 Å². The number of carbonyl (C=O) groups is 1. The zero-order valence-electron chi connectivity index (χ0n) is 10.9. The number of hydrogen-bond donors (Lipinski definition) is 1. The number of benzene rings is 2. The first-order valence-electron chi connectivity index (χ1n) is 6.33. The second-order valence-electron chi connectivity index (χ2n) is 4.60. The second-order valence-corrected chi connectivity index (χ2v) is 6.37. The van der Waals surface area contributed by atoms with Crippen molar-refractivity contribution in [1.82, 2.24) is 5.32 Å². The lowest BCUT2D eigenvalue weighted by Gasteiger charge is -2.07. The van der Waals surface area contributed by atoms with Gasteiger partial charge in [0.15, 0.2) is 0 Å². The van der Waals surface area contributed by atoms with E-state index in [1.165, 1.54) is 0 Å². The predicted octanol–water partition coefficient (Wildman–Crippen LogP) is 4.89. The maximum Gasteiger partial charge on any atom is 0.252 e. The number of fused-ring (bicyclic) bond motifs is 1. The van der Waals surface area contributed by atoms with Crippen molar-refractivity contribution in [3.8, 4) is 0 Å². The van der Waals surface area contributed by atoms with Crippen molar-refractivity contribution in [3.63, 3.8) is 0 Å². The molecule has 2 aromatic carbocycles. The van der Waals surface area contributed by atoms with Crippen LogP contribution < -0.4 is 5.32 Å². The van der Waals surface area contributed by atoms with Crippen LogP contribution in [0.3, 0.4) is 0 Å². The molecule has 0 aliphatic heterocycles. The minimum absolute atomic E-state index is 0.117. The van der Waals surface area contributed by atoms with Crippen molar-refractivity contribution in [1.29, 1.82) is 0 Å². The maximum absolute atomic E-state index is 12.2. The third-order valence-electron chi connectivity index (χ3n) is 3.15. The summed E-state index contributed by atoms with van der Waals surface area (Å²) in [6, 6.07) is 13.3. The molecule has 106 valence electrons. The zero-order valence-corrected chi connectivity index (χ0v) is 14.1. The lowest BCUT2D eigenvalue weighted by atomic mass is 10.1. The van der Waals surface area contributed by atoms with Gasteiger partial charge in [-0.1, -0.05) is 28.1 Å². The molecule has 1 aromatic heterocycles. The number of hydrogen-bond acceptors (Lipinski definition) is 2. The molecule has 0 radical (unpaired) electrons. The standard InChI is InChI=1S/C16H11Br2NO2/c17-12-3-4-13(14(18)8-12)16(20)19-9-10-1-2-11-5-6-21-15(11)7-10/h1-8H,9H2,(H,19,20). The minimum atomic E-state index is -0.117. The van der Waals surface area contributed by atoms with E-state index in [1.807, 2.05) is 36.4 Å². The van der Waals surface area contributed by atoms with Gasteiger partial charge in [-0.15, -0.1) is 0 Å². The number of furan rings is 1. The Morgan fingerprint density at radius 2 is 1.95 bits per heavy atom. The highest BCUT2D eigenvalue weighted by Crippen LogP contribution is 2.22. The van der Waals surface area contributed by atoms with E-state index in [0.29, 0.717) is 12.1 Å². The average molecular weight is 409 g/mol. The van der Waals surface area contributed by atoms with Crippen LogP contribution in [0, 0.1) is 0 Å². The molecular formula is C16H11Br2NO2. The van der Waals surface area contributed by atoms with Gasteiger partial charge in [-0.25, -0.2) is 0 Å². The summed E-state index contributed by atoms with van der Waals surface area (Å²) in [6.45, 7) is 0.456. The first-order chi connectivity index (χ1) is 10.1. The molecule has 1 amide bonds. The summed E-state index contributed by atoms with van der Waals surface area (Å²) in [5, 5.41) is 3.96. The van der Waals surface area contributed by atoms with Crippen molar-refractivity contribution >= 4 is 48.7 Å². The first-order valence-corrected chi connectivity index (χ1v) is 7.91. The third-order valence-corrected chi connectivity index (χ3v) is 4.30. The SMILES string of the molecule is O=C(NCc1ccc2ccoc2c1)c1ccc(Br)cc1Br. The van der Waals surface area contributed by atoms with Crippen molar-refractivity contribution < 1.29 is 9.21 Å². The van der Waals surface area contributed by atoms with Crippen LogP contribution in [0.4, 0.5) is 0 Å². The third kappa shape index (κ3) is 3.19. The monoisotopic (exact) mass is 407 g/mol. The van der Waals surface area contributed by atoms with E-state index in [1.54, 1.807) is 12.3 Å². The molecule has 3 nitrogen and oxygen atoms in total. The van der Waals surface area contributed by atoms with Crippen LogP contribution in [0.25, 0.3) is 11.0 Å². The normalized spacial score (nSPS) is 10.8. The summed E-state index contributed by atoms with van der Waals surface area (Å²) in [6.07, 6.45) is 1.66. The van der Waals surface area contributed by atoms with Gasteiger partial charge in [0.25, 0.3) is 5.91 Å². The molecule has 3 aromatic rings. The van der Waals surface area contributed by atoms with Gasteiger partial charge in [0.05, 0.1) is 11.8 Å². The van der Waals surface area contributed by atoms with Crippen LogP contribution in [0.5, 0.6) is 0 Å². The van der Waals surface area contributed by atoms with Crippen molar-refractivity contribution in [2.24, 2.45) is 0 Å². The zero-order chi connectivity index (χ0) is 14.8. The van der Waals surface area contributed by atoms with Crippen LogP contribution in [0.1, 0.15) is 15.9 Å². The van der Waals surface area contributed by atoms with Crippen molar-refractivity contribution in [2.75, 3.05) is 0 Å². The van der Waals surface area contributed by atoms with Gasteiger partial charge in [0, 0.05) is 20.9 Å². The van der Waals surface area contributed by atoms with Crippen LogP contribution in [-0.4, -0.2) is 5.91 Å². The Kier molecular flexibility index (Phi) is 4.12. The summed E-state index contributed by atoms with van der Waals surface area (Å²) < 4.78 is 7.04. The predicted molar refractivity (Wildman–Crippen MR) is 89.2 cm³/mol. The summed E-state index contributed by atoms with van der Waals surface area (Å²) in [4.78, 5) is 12.2. The number of nitrogens with one attached hydrogen (secondary N) is 1. The molecule has 0 fully saturated rings. The van der Waals surface area contributed by atoms with Gasteiger partial charge >= 0.3 is 0 Å². The molecule has 1 heterocycles. The van der Waals surface area contributed by atoms with Crippen molar-refractivity contribution in [2.45, 2.75) is 6.54 Å². The molecular weight excluding hydrogens is 398 g/mol. The molecule has 0 saturated carbocycles. The second kappa shape index (κ2) is 6.03. The van der Waals surface area contributed by atoms with E-state index in [-0.39, 0.29) is 5.91 Å². The van der Waals surface area contributed by atoms with Gasteiger partial charge in [-0.05, 0) is 51.8 Å². The molecule has 1 N–H and O–H groups in total. The van der Waals surface area contributed by atoms with E-state index in [2.05, 4.69) is 37.2 Å². The number of halogens is 2. The van der Waals surface area contributed by atoms with Gasteiger partial charge in [0.2, 0.25) is 0 Å². The Bertz CT molecular complexity index is 811. The highest BCUT2D eigenvalue weighted by atomic mass is 79.9. The fourth-order valence-electron chi connectivity index (χ4n) is 2.06. The number of amides is 1. The minimum Gasteiger partial charge on any atom is -0.464 e. The maximum atomic E-state index is 12.2. The largest absolute Gasteiger partial charge is 0.464 e. The number of rotatable bonds is 3. The van der Waals surface area contributed by atoms with Crippen molar-refractivity contribution in [3.05, 3.63) is 68.8 Å². The molecule has 5 heteroatoms. The van der Waals surface area contributed by atoms with Crippen LogP contribution in [0.2, 0.25) is 0 Å². The molecule has 0 aliphatic rings. The van der Waals surface area contributed by atoms with Gasteiger partial charge in [-0.2, -0.15) is 0 Å².